The SMILES string of the molecule is CCC1=CCC([C@H](Cc2ccc([N+](=O)[O-])cc2)NC(=O)Cc2ccccc2)=N1. The van der Waals surface area contributed by atoms with Gasteiger partial charge in [0.15, 0.2) is 0 Å². The van der Waals surface area contributed by atoms with E-state index in [0.29, 0.717) is 19.3 Å². The molecule has 3 rings (SSSR count). The van der Waals surface area contributed by atoms with E-state index in [2.05, 4.69) is 23.3 Å². The number of benzene rings is 2. The van der Waals surface area contributed by atoms with Crippen molar-refractivity contribution in [3.63, 3.8) is 0 Å². The predicted molar refractivity (Wildman–Crippen MR) is 109 cm³/mol. The monoisotopic (exact) mass is 377 g/mol. The lowest BCUT2D eigenvalue weighted by Gasteiger charge is -2.19. The number of amides is 1. The van der Waals surface area contributed by atoms with Crippen LogP contribution in [0.25, 0.3) is 0 Å². The molecule has 6 nitrogen and oxygen atoms in total. The van der Waals surface area contributed by atoms with E-state index in [9.17, 15) is 14.9 Å². The highest BCUT2D eigenvalue weighted by Crippen LogP contribution is 2.19. The van der Waals surface area contributed by atoms with Crippen LogP contribution >= 0.6 is 0 Å². The Labute approximate surface area is 164 Å². The van der Waals surface area contributed by atoms with Crippen LogP contribution in [0.1, 0.15) is 30.9 Å². The van der Waals surface area contributed by atoms with E-state index in [0.717, 1.165) is 29.0 Å². The van der Waals surface area contributed by atoms with Gasteiger partial charge in [0.2, 0.25) is 5.91 Å². The molecule has 0 aliphatic carbocycles. The Hall–Kier alpha value is -3.28. The summed E-state index contributed by atoms with van der Waals surface area (Å²) in [5.74, 6) is -0.0641. The minimum absolute atomic E-state index is 0.0570. The van der Waals surface area contributed by atoms with Crippen molar-refractivity contribution < 1.29 is 9.72 Å². The molecular formula is C22H23N3O3. The topological polar surface area (TPSA) is 84.6 Å². The van der Waals surface area contributed by atoms with Crippen LogP contribution in [0.3, 0.4) is 0 Å². The molecule has 2 aromatic carbocycles. The van der Waals surface area contributed by atoms with Crippen molar-refractivity contribution in [2.24, 2.45) is 4.99 Å². The number of carbonyl (C=O) groups excluding carboxylic acids is 1. The van der Waals surface area contributed by atoms with Crippen molar-refractivity contribution in [2.45, 2.75) is 38.6 Å². The van der Waals surface area contributed by atoms with Crippen LogP contribution in [0, 0.1) is 10.1 Å². The summed E-state index contributed by atoms with van der Waals surface area (Å²) < 4.78 is 0. The van der Waals surface area contributed by atoms with E-state index in [1.165, 1.54) is 12.1 Å². The van der Waals surface area contributed by atoms with E-state index in [1.54, 1.807) is 12.1 Å². The molecule has 28 heavy (non-hydrogen) atoms. The number of hydrogen-bond donors (Lipinski definition) is 1. The van der Waals surface area contributed by atoms with E-state index in [1.807, 2.05) is 30.3 Å². The van der Waals surface area contributed by atoms with Crippen LogP contribution in [0.4, 0.5) is 5.69 Å². The molecule has 1 aliphatic heterocycles. The first-order valence-electron chi connectivity index (χ1n) is 9.38. The molecule has 1 aliphatic rings. The fraction of sp³-hybridized carbons (Fsp3) is 0.273. The smallest absolute Gasteiger partial charge is 0.269 e. The number of allylic oxidation sites excluding steroid dienone is 2. The number of rotatable bonds is 8. The maximum Gasteiger partial charge on any atom is 0.269 e. The fourth-order valence-electron chi connectivity index (χ4n) is 3.21. The molecule has 0 radical (unpaired) electrons. The molecule has 0 saturated heterocycles. The van der Waals surface area contributed by atoms with Gasteiger partial charge in [-0.3, -0.25) is 19.9 Å². The molecule has 1 heterocycles. The van der Waals surface area contributed by atoms with Crippen molar-refractivity contribution in [3.8, 4) is 0 Å². The van der Waals surface area contributed by atoms with Crippen molar-refractivity contribution in [3.05, 3.63) is 87.6 Å². The van der Waals surface area contributed by atoms with Crippen LogP contribution in [0.2, 0.25) is 0 Å². The largest absolute Gasteiger partial charge is 0.347 e. The molecule has 1 amide bonds. The number of nitro benzene ring substituents is 1. The second-order valence-electron chi connectivity index (χ2n) is 6.77. The van der Waals surface area contributed by atoms with Crippen LogP contribution in [0.15, 0.2) is 71.4 Å². The predicted octanol–water partition coefficient (Wildman–Crippen LogP) is 4.00. The van der Waals surface area contributed by atoms with Gasteiger partial charge in [-0.15, -0.1) is 0 Å². The molecule has 6 heteroatoms. The molecule has 2 aromatic rings. The summed E-state index contributed by atoms with van der Waals surface area (Å²) in [6.45, 7) is 2.05. The number of hydrogen-bond acceptors (Lipinski definition) is 4. The Morgan fingerprint density at radius 3 is 2.46 bits per heavy atom. The molecule has 0 unspecified atom stereocenters. The van der Waals surface area contributed by atoms with Crippen molar-refractivity contribution in [1.29, 1.82) is 0 Å². The highest BCUT2D eigenvalue weighted by Gasteiger charge is 2.22. The van der Waals surface area contributed by atoms with E-state index in [-0.39, 0.29) is 17.6 Å². The summed E-state index contributed by atoms with van der Waals surface area (Å²) in [4.78, 5) is 27.7. The van der Waals surface area contributed by atoms with Gasteiger partial charge < -0.3 is 5.32 Å². The number of nitrogens with one attached hydrogen (secondary N) is 1. The molecule has 0 fully saturated rings. The summed E-state index contributed by atoms with van der Waals surface area (Å²) in [7, 11) is 0. The maximum absolute atomic E-state index is 12.6. The van der Waals surface area contributed by atoms with Crippen molar-refractivity contribution in [2.75, 3.05) is 0 Å². The summed E-state index contributed by atoms with van der Waals surface area (Å²) in [6.07, 6.45) is 4.50. The Morgan fingerprint density at radius 2 is 1.86 bits per heavy atom. The van der Waals surface area contributed by atoms with Gasteiger partial charge in [0.1, 0.15) is 0 Å². The van der Waals surface area contributed by atoms with Crippen molar-refractivity contribution in [1.82, 2.24) is 5.32 Å². The molecule has 1 N–H and O–H groups in total. The standard InChI is InChI=1S/C22H23N3O3/c1-2-18-10-13-20(23-18)21(14-17-8-11-19(12-9-17)25(27)28)24-22(26)15-16-6-4-3-5-7-16/h3-12,21H,2,13-15H2,1H3,(H,24,26)/t21-/m0/s1. The van der Waals surface area contributed by atoms with Gasteiger partial charge in [0.25, 0.3) is 5.69 Å². The number of nitrogens with zero attached hydrogens (tertiary/aromatic N) is 2. The van der Waals surface area contributed by atoms with Gasteiger partial charge in [-0.2, -0.15) is 0 Å². The molecular weight excluding hydrogens is 354 g/mol. The number of aliphatic imine (C=N–C) groups is 1. The van der Waals surface area contributed by atoms with Crippen LogP contribution < -0.4 is 5.32 Å². The fourth-order valence-corrected chi connectivity index (χ4v) is 3.21. The zero-order valence-corrected chi connectivity index (χ0v) is 15.8. The van der Waals surface area contributed by atoms with Crippen LogP contribution in [0.5, 0.6) is 0 Å². The van der Waals surface area contributed by atoms with Gasteiger partial charge in [-0.25, -0.2) is 0 Å². The summed E-state index contributed by atoms with van der Waals surface area (Å²) in [5.41, 5.74) is 3.89. The lowest BCUT2D eigenvalue weighted by molar-refractivity contribution is -0.384. The first-order valence-corrected chi connectivity index (χ1v) is 9.38. The molecule has 144 valence electrons. The molecule has 0 bridgehead atoms. The quantitative estimate of drug-likeness (QED) is 0.557. The average Bonchev–Trinajstić information content (AvgIpc) is 3.18. The zero-order valence-electron chi connectivity index (χ0n) is 15.8. The summed E-state index contributed by atoms with van der Waals surface area (Å²) >= 11 is 0. The highest BCUT2D eigenvalue weighted by molar-refractivity contribution is 5.96. The Morgan fingerprint density at radius 1 is 1.14 bits per heavy atom. The first kappa shape index (κ1) is 19.5. The second-order valence-corrected chi connectivity index (χ2v) is 6.77. The first-order chi connectivity index (χ1) is 13.5. The summed E-state index contributed by atoms with van der Waals surface area (Å²) in [6, 6.07) is 15.8. The Balaban J connectivity index is 1.73. The van der Waals surface area contributed by atoms with Crippen LogP contribution in [-0.4, -0.2) is 22.6 Å². The number of nitro groups is 1. The van der Waals surface area contributed by atoms with E-state index < -0.39 is 4.92 Å². The normalized spacial score (nSPS) is 14.2. The van der Waals surface area contributed by atoms with E-state index in [4.69, 9.17) is 0 Å². The van der Waals surface area contributed by atoms with E-state index >= 15 is 0 Å². The zero-order chi connectivity index (χ0) is 19.9. The third-order valence-electron chi connectivity index (χ3n) is 4.73. The third kappa shape index (κ3) is 5.13. The number of non-ortho nitro benzene ring substituents is 1. The van der Waals surface area contributed by atoms with Gasteiger partial charge in [0.05, 0.1) is 17.4 Å². The third-order valence-corrected chi connectivity index (χ3v) is 4.73. The molecule has 0 spiro atoms. The highest BCUT2D eigenvalue weighted by atomic mass is 16.6. The Kier molecular flexibility index (Phi) is 6.32. The van der Waals surface area contributed by atoms with Gasteiger partial charge >= 0.3 is 0 Å². The minimum Gasteiger partial charge on any atom is -0.347 e. The van der Waals surface area contributed by atoms with Gasteiger partial charge in [0, 0.05) is 30.0 Å². The maximum atomic E-state index is 12.6. The number of carbonyl (C=O) groups is 1. The minimum atomic E-state index is -0.415. The van der Waals surface area contributed by atoms with Crippen molar-refractivity contribution >= 4 is 17.3 Å². The molecule has 1 atom stereocenters. The lowest BCUT2D eigenvalue weighted by atomic mass is 9.99. The second kappa shape index (κ2) is 9.08. The molecule has 0 saturated carbocycles. The van der Waals surface area contributed by atoms with Gasteiger partial charge in [-0.1, -0.05) is 55.5 Å². The Bertz CT molecular complexity index is 902. The van der Waals surface area contributed by atoms with Gasteiger partial charge in [-0.05, 0) is 24.0 Å². The van der Waals surface area contributed by atoms with Crippen LogP contribution in [-0.2, 0) is 17.6 Å². The summed E-state index contributed by atoms with van der Waals surface area (Å²) in [5, 5.41) is 14.0. The molecule has 0 aromatic heterocycles. The lowest BCUT2D eigenvalue weighted by Crippen LogP contribution is -2.42. The average molecular weight is 377 g/mol.